The van der Waals surface area contributed by atoms with Crippen molar-refractivity contribution in [1.82, 2.24) is 10.2 Å². The maximum atomic E-state index is 12.3. The van der Waals surface area contributed by atoms with Gasteiger partial charge in [0.05, 0.1) is 6.10 Å². The van der Waals surface area contributed by atoms with Gasteiger partial charge >= 0.3 is 6.03 Å². The van der Waals surface area contributed by atoms with Gasteiger partial charge in [-0.3, -0.25) is 0 Å². The van der Waals surface area contributed by atoms with Gasteiger partial charge < -0.3 is 15.3 Å². The average Bonchev–Trinajstić information content (AvgIpc) is 2.49. The Hall–Kier alpha value is -0.420. The summed E-state index contributed by atoms with van der Waals surface area (Å²) in [5.41, 5.74) is 0. The second kappa shape index (κ2) is 8.28. The molecule has 2 fully saturated rings. The zero-order valence-corrected chi connectivity index (χ0v) is 14.2. The average molecular weight is 314 g/mol. The highest BCUT2D eigenvalue weighted by Crippen LogP contribution is 2.27. The van der Waals surface area contributed by atoms with Crippen molar-refractivity contribution < 1.29 is 9.90 Å². The van der Waals surface area contributed by atoms with E-state index in [0.29, 0.717) is 17.8 Å². The SMILES string of the molecule is CSC1CCCC(NC(=O)N(C)CC2CCCCC2O)C1. The Bertz CT molecular complexity index is 340. The third kappa shape index (κ3) is 5.06. The van der Waals surface area contributed by atoms with Crippen LogP contribution in [-0.4, -0.2) is 53.3 Å². The molecule has 4 atom stereocenters. The summed E-state index contributed by atoms with van der Waals surface area (Å²) in [7, 11) is 1.85. The number of amides is 2. The predicted octanol–water partition coefficient (Wildman–Crippen LogP) is 2.85. The maximum Gasteiger partial charge on any atom is 0.317 e. The minimum atomic E-state index is -0.232. The van der Waals surface area contributed by atoms with E-state index in [1.54, 1.807) is 4.90 Å². The largest absolute Gasteiger partial charge is 0.393 e. The van der Waals surface area contributed by atoms with Gasteiger partial charge in [-0.1, -0.05) is 19.3 Å². The van der Waals surface area contributed by atoms with E-state index in [9.17, 15) is 9.90 Å². The number of carbonyl (C=O) groups excluding carboxylic acids is 1. The van der Waals surface area contributed by atoms with Crippen LogP contribution in [-0.2, 0) is 0 Å². The number of thioether (sulfide) groups is 1. The maximum absolute atomic E-state index is 12.3. The van der Waals surface area contributed by atoms with Crippen molar-refractivity contribution in [3.63, 3.8) is 0 Å². The number of hydrogen-bond donors (Lipinski definition) is 2. The van der Waals surface area contributed by atoms with Gasteiger partial charge in [-0.2, -0.15) is 11.8 Å². The minimum absolute atomic E-state index is 0.0273. The molecule has 0 aromatic heterocycles. The minimum Gasteiger partial charge on any atom is -0.393 e. The van der Waals surface area contributed by atoms with Gasteiger partial charge in [-0.25, -0.2) is 4.79 Å². The summed E-state index contributed by atoms with van der Waals surface area (Å²) in [5.74, 6) is 0.250. The first-order valence-corrected chi connectivity index (χ1v) is 9.61. The molecule has 2 aliphatic carbocycles. The lowest BCUT2D eigenvalue weighted by molar-refractivity contribution is 0.0562. The zero-order chi connectivity index (χ0) is 15.2. The van der Waals surface area contributed by atoms with Crippen LogP contribution in [0.15, 0.2) is 0 Å². The molecule has 5 heteroatoms. The Morgan fingerprint density at radius 3 is 2.71 bits per heavy atom. The lowest BCUT2D eigenvalue weighted by Crippen LogP contribution is -2.47. The van der Waals surface area contributed by atoms with Crippen molar-refractivity contribution >= 4 is 17.8 Å². The van der Waals surface area contributed by atoms with Crippen LogP contribution >= 0.6 is 11.8 Å². The summed E-state index contributed by atoms with van der Waals surface area (Å²) < 4.78 is 0. The summed E-state index contributed by atoms with van der Waals surface area (Å²) in [6.45, 7) is 0.672. The Kier molecular flexibility index (Phi) is 6.68. The van der Waals surface area contributed by atoms with Crippen LogP contribution in [0.4, 0.5) is 4.79 Å². The lowest BCUT2D eigenvalue weighted by atomic mass is 9.86. The van der Waals surface area contributed by atoms with Crippen LogP contribution in [0, 0.1) is 5.92 Å². The molecular formula is C16H30N2O2S. The fourth-order valence-electron chi connectivity index (χ4n) is 3.61. The van der Waals surface area contributed by atoms with Crippen LogP contribution in [0.25, 0.3) is 0 Å². The molecule has 2 rings (SSSR count). The van der Waals surface area contributed by atoms with Crippen molar-refractivity contribution in [2.75, 3.05) is 19.8 Å². The molecule has 0 heterocycles. The van der Waals surface area contributed by atoms with Crippen LogP contribution in [0.1, 0.15) is 51.4 Å². The first-order chi connectivity index (χ1) is 10.1. The summed E-state index contributed by atoms with van der Waals surface area (Å²) in [5, 5.41) is 13.9. The van der Waals surface area contributed by atoms with Gasteiger partial charge in [0.2, 0.25) is 0 Å². The van der Waals surface area contributed by atoms with Gasteiger partial charge in [0.1, 0.15) is 0 Å². The molecule has 21 heavy (non-hydrogen) atoms. The van der Waals surface area contributed by atoms with Gasteiger partial charge in [0.25, 0.3) is 0 Å². The Balaban J connectivity index is 1.76. The van der Waals surface area contributed by atoms with Gasteiger partial charge in [0, 0.05) is 30.8 Å². The summed E-state index contributed by atoms with van der Waals surface area (Å²) >= 11 is 1.92. The van der Waals surface area contributed by atoms with Crippen LogP contribution in [0.5, 0.6) is 0 Å². The first kappa shape index (κ1) is 16.9. The highest BCUT2D eigenvalue weighted by Gasteiger charge is 2.27. The van der Waals surface area contributed by atoms with Crippen LogP contribution in [0.3, 0.4) is 0 Å². The molecule has 0 saturated heterocycles. The topological polar surface area (TPSA) is 52.6 Å². The molecule has 4 nitrogen and oxygen atoms in total. The predicted molar refractivity (Wildman–Crippen MR) is 88.7 cm³/mol. The summed E-state index contributed by atoms with van der Waals surface area (Å²) in [6.07, 6.45) is 10.8. The molecule has 122 valence electrons. The third-order valence-corrected chi connectivity index (χ3v) is 6.11. The second-order valence-corrected chi connectivity index (χ2v) is 7.80. The van der Waals surface area contributed by atoms with Crippen molar-refractivity contribution in [2.24, 2.45) is 5.92 Å². The molecule has 0 aromatic rings. The number of carbonyl (C=O) groups is 1. The highest BCUT2D eigenvalue weighted by atomic mass is 32.2. The number of aliphatic hydroxyl groups is 1. The van der Waals surface area contributed by atoms with E-state index in [2.05, 4.69) is 11.6 Å². The molecule has 0 bridgehead atoms. The Labute approximate surface area is 133 Å². The summed E-state index contributed by atoms with van der Waals surface area (Å²) in [4.78, 5) is 14.1. The Morgan fingerprint density at radius 2 is 2.00 bits per heavy atom. The monoisotopic (exact) mass is 314 g/mol. The molecule has 0 aliphatic heterocycles. The van der Waals surface area contributed by atoms with Crippen molar-refractivity contribution in [1.29, 1.82) is 0 Å². The van der Waals surface area contributed by atoms with E-state index >= 15 is 0 Å². The van der Waals surface area contributed by atoms with Gasteiger partial charge in [-0.05, 0) is 38.4 Å². The van der Waals surface area contributed by atoms with Crippen molar-refractivity contribution in [3.8, 4) is 0 Å². The number of rotatable bonds is 4. The van der Waals surface area contributed by atoms with E-state index < -0.39 is 0 Å². The number of aliphatic hydroxyl groups excluding tert-OH is 1. The van der Waals surface area contributed by atoms with E-state index in [-0.39, 0.29) is 18.1 Å². The van der Waals surface area contributed by atoms with Crippen molar-refractivity contribution in [2.45, 2.75) is 68.8 Å². The fraction of sp³-hybridized carbons (Fsp3) is 0.938. The van der Waals surface area contributed by atoms with Crippen molar-refractivity contribution in [3.05, 3.63) is 0 Å². The van der Waals surface area contributed by atoms with E-state index in [1.807, 2.05) is 18.8 Å². The molecule has 4 unspecified atom stereocenters. The second-order valence-electron chi connectivity index (χ2n) is 6.66. The number of nitrogens with one attached hydrogen (secondary N) is 1. The molecule has 0 spiro atoms. The quantitative estimate of drug-likeness (QED) is 0.839. The molecule has 2 N–H and O–H groups in total. The molecule has 0 aromatic carbocycles. The third-order valence-electron chi connectivity index (χ3n) is 5.01. The molecule has 2 aliphatic rings. The lowest BCUT2D eigenvalue weighted by Gasteiger charge is -2.33. The van der Waals surface area contributed by atoms with E-state index in [0.717, 1.165) is 32.1 Å². The van der Waals surface area contributed by atoms with Crippen LogP contribution in [0.2, 0.25) is 0 Å². The number of hydrogen-bond acceptors (Lipinski definition) is 3. The molecule has 0 radical (unpaired) electrons. The fourth-order valence-corrected chi connectivity index (χ4v) is 4.44. The number of urea groups is 1. The summed E-state index contributed by atoms with van der Waals surface area (Å²) in [6, 6.07) is 0.349. The van der Waals surface area contributed by atoms with E-state index in [1.165, 1.54) is 19.3 Å². The zero-order valence-electron chi connectivity index (χ0n) is 13.4. The standard InChI is InChI=1S/C16H30N2O2S/c1-18(11-12-6-3-4-9-15(12)19)16(20)17-13-7-5-8-14(10-13)21-2/h12-15,19H,3-11H2,1-2H3,(H,17,20). The molecule has 2 amide bonds. The van der Waals surface area contributed by atoms with Gasteiger partial charge in [0.15, 0.2) is 0 Å². The Morgan fingerprint density at radius 1 is 1.24 bits per heavy atom. The molecule has 2 saturated carbocycles. The highest BCUT2D eigenvalue weighted by molar-refractivity contribution is 7.99. The smallest absolute Gasteiger partial charge is 0.317 e. The van der Waals surface area contributed by atoms with Crippen LogP contribution < -0.4 is 5.32 Å². The first-order valence-electron chi connectivity index (χ1n) is 8.32. The number of nitrogens with zero attached hydrogens (tertiary/aromatic N) is 1. The van der Waals surface area contributed by atoms with E-state index in [4.69, 9.17) is 0 Å². The normalized spacial score (nSPS) is 33.5. The molecular weight excluding hydrogens is 284 g/mol. The van der Waals surface area contributed by atoms with Gasteiger partial charge in [-0.15, -0.1) is 0 Å².